The van der Waals surface area contributed by atoms with E-state index in [-0.39, 0.29) is 0 Å². The van der Waals surface area contributed by atoms with Crippen molar-refractivity contribution in [1.29, 1.82) is 0 Å². The number of benzene rings is 1. The Morgan fingerprint density at radius 2 is 1.62 bits per heavy atom. The molecule has 0 fully saturated rings. The lowest BCUT2D eigenvalue weighted by atomic mass is 10.1. The minimum Gasteiger partial charge on any atom is -0.385 e. The second kappa shape index (κ2) is 4.43. The summed E-state index contributed by atoms with van der Waals surface area (Å²) in [5.74, 6) is 0. The molecule has 0 heterocycles. The molecule has 0 saturated heterocycles. The Bertz CT molecular complexity index is 276. The number of hydrogen-bond donors (Lipinski definition) is 1. The number of aliphatic hydroxyl groups excluding tert-OH is 1. The summed E-state index contributed by atoms with van der Waals surface area (Å²) in [6, 6.07) is 7.74. The first-order valence-electron chi connectivity index (χ1n) is 3.72. The molecule has 0 bridgehead atoms. The highest BCUT2D eigenvalue weighted by molar-refractivity contribution is 9.39. The summed E-state index contributed by atoms with van der Waals surface area (Å²) in [6.45, 7) is 2.01. The Morgan fingerprint density at radius 1 is 1.15 bits per heavy atom. The molecule has 0 aromatic heterocycles. The van der Waals surface area contributed by atoms with Crippen molar-refractivity contribution in [2.45, 2.75) is 15.2 Å². The number of hydrogen-bond acceptors (Lipinski definition) is 1. The third-order valence-corrected chi connectivity index (χ3v) is 3.00. The van der Waals surface area contributed by atoms with Crippen LogP contribution in [0.3, 0.4) is 0 Å². The molecular formula is C9H9Br3O. The van der Waals surface area contributed by atoms with Gasteiger partial charge in [-0.1, -0.05) is 77.6 Å². The summed E-state index contributed by atoms with van der Waals surface area (Å²) in [5, 5.41) is 9.81. The Hall–Kier alpha value is 0.620. The van der Waals surface area contributed by atoms with Crippen molar-refractivity contribution in [3.63, 3.8) is 0 Å². The van der Waals surface area contributed by atoms with Crippen LogP contribution in [0.1, 0.15) is 17.2 Å². The van der Waals surface area contributed by atoms with Gasteiger partial charge < -0.3 is 5.11 Å². The molecule has 1 aromatic rings. The summed E-state index contributed by atoms with van der Waals surface area (Å²) in [7, 11) is 0. The van der Waals surface area contributed by atoms with Gasteiger partial charge >= 0.3 is 0 Å². The van der Waals surface area contributed by atoms with Crippen LogP contribution in [0.15, 0.2) is 24.3 Å². The Labute approximate surface area is 103 Å². The van der Waals surface area contributed by atoms with Crippen LogP contribution in [0, 0.1) is 6.92 Å². The smallest absolute Gasteiger partial charge is 0.164 e. The van der Waals surface area contributed by atoms with Gasteiger partial charge in [0.05, 0.1) is 0 Å². The minimum absolute atomic E-state index is 0.631. The maximum atomic E-state index is 9.81. The van der Waals surface area contributed by atoms with Crippen molar-refractivity contribution in [2.75, 3.05) is 0 Å². The van der Waals surface area contributed by atoms with Gasteiger partial charge in [-0.3, -0.25) is 0 Å². The summed E-state index contributed by atoms with van der Waals surface area (Å²) >= 11 is 9.85. The summed E-state index contributed by atoms with van der Waals surface area (Å²) in [6.07, 6.45) is -0.631. The highest BCUT2D eigenvalue weighted by Gasteiger charge is 2.29. The zero-order valence-electron chi connectivity index (χ0n) is 6.97. The predicted molar refractivity (Wildman–Crippen MR) is 65.7 cm³/mol. The van der Waals surface area contributed by atoms with E-state index in [0.29, 0.717) is 0 Å². The zero-order chi connectivity index (χ0) is 10.1. The fraction of sp³-hybridized carbons (Fsp3) is 0.333. The van der Waals surface area contributed by atoms with Crippen LogP contribution in [0.4, 0.5) is 0 Å². The lowest BCUT2D eigenvalue weighted by molar-refractivity contribution is 0.193. The first-order chi connectivity index (χ1) is 5.91. The van der Waals surface area contributed by atoms with Gasteiger partial charge in [0.25, 0.3) is 0 Å². The van der Waals surface area contributed by atoms with Crippen LogP contribution in [-0.4, -0.2) is 7.25 Å². The first kappa shape index (κ1) is 11.7. The fourth-order valence-corrected chi connectivity index (χ4v) is 1.73. The summed E-state index contributed by atoms with van der Waals surface area (Å²) in [4.78, 5) is 0. The molecule has 1 nitrogen and oxygen atoms in total. The third kappa shape index (κ3) is 3.35. The normalized spacial score (nSPS) is 14.2. The predicted octanol–water partition coefficient (Wildman–Crippen LogP) is 3.87. The van der Waals surface area contributed by atoms with Crippen LogP contribution < -0.4 is 0 Å². The maximum absolute atomic E-state index is 9.81. The molecule has 1 N–H and O–H groups in total. The second-order valence-electron chi connectivity index (χ2n) is 2.85. The standard InChI is InChI=1S/C9H9Br3O/c1-6-2-4-7(5-3-6)8(13)9(10,11)12/h2-5,8,13H,1H3. The molecule has 1 atom stereocenters. The summed E-state index contributed by atoms with van der Waals surface area (Å²) in [5.41, 5.74) is 2.04. The maximum Gasteiger partial charge on any atom is 0.164 e. The monoisotopic (exact) mass is 370 g/mol. The van der Waals surface area contributed by atoms with E-state index in [2.05, 4.69) is 47.8 Å². The van der Waals surface area contributed by atoms with Crippen LogP contribution >= 0.6 is 47.8 Å². The highest BCUT2D eigenvalue weighted by atomic mass is 80.0. The molecule has 1 rings (SSSR count). The third-order valence-electron chi connectivity index (χ3n) is 1.70. The lowest BCUT2D eigenvalue weighted by Gasteiger charge is -2.20. The molecule has 1 unspecified atom stereocenters. The lowest BCUT2D eigenvalue weighted by Crippen LogP contribution is -2.14. The molecule has 0 amide bonds. The van der Waals surface area contributed by atoms with Gasteiger partial charge in [-0.25, -0.2) is 0 Å². The molecule has 0 aliphatic rings. The van der Waals surface area contributed by atoms with E-state index < -0.39 is 8.25 Å². The van der Waals surface area contributed by atoms with Crippen molar-refractivity contribution in [3.8, 4) is 0 Å². The van der Waals surface area contributed by atoms with Crippen molar-refractivity contribution in [1.82, 2.24) is 0 Å². The van der Waals surface area contributed by atoms with E-state index in [1.54, 1.807) is 0 Å². The van der Waals surface area contributed by atoms with E-state index in [9.17, 15) is 5.11 Å². The van der Waals surface area contributed by atoms with E-state index in [4.69, 9.17) is 0 Å². The topological polar surface area (TPSA) is 20.2 Å². The van der Waals surface area contributed by atoms with E-state index >= 15 is 0 Å². The van der Waals surface area contributed by atoms with Crippen LogP contribution in [-0.2, 0) is 0 Å². The van der Waals surface area contributed by atoms with Crippen molar-refractivity contribution < 1.29 is 5.11 Å². The largest absolute Gasteiger partial charge is 0.385 e. The number of halogens is 3. The molecule has 1 aromatic carbocycles. The SMILES string of the molecule is Cc1ccc(C(O)C(Br)(Br)Br)cc1. The van der Waals surface area contributed by atoms with Crippen molar-refractivity contribution in [2.24, 2.45) is 0 Å². The van der Waals surface area contributed by atoms with Gasteiger partial charge in [-0.05, 0) is 12.5 Å². The van der Waals surface area contributed by atoms with Gasteiger partial charge in [-0.15, -0.1) is 0 Å². The molecule has 72 valence electrons. The van der Waals surface area contributed by atoms with Crippen molar-refractivity contribution >= 4 is 47.8 Å². The average Bonchev–Trinajstić information content (AvgIpc) is 2.03. The van der Waals surface area contributed by atoms with Gasteiger partial charge in [0.1, 0.15) is 6.10 Å². The number of aliphatic hydroxyl groups is 1. The number of aryl methyl sites for hydroxylation is 1. The van der Waals surface area contributed by atoms with Gasteiger partial charge in [0, 0.05) is 0 Å². The Kier molecular flexibility index (Phi) is 3.98. The molecule has 0 saturated carbocycles. The highest BCUT2D eigenvalue weighted by Crippen LogP contribution is 2.44. The van der Waals surface area contributed by atoms with Crippen LogP contribution in [0.2, 0.25) is 0 Å². The van der Waals surface area contributed by atoms with Gasteiger partial charge in [0.2, 0.25) is 0 Å². The molecule has 0 spiro atoms. The van der Waals surface area contributed by atoms with Crippen molar-refractivity contribution in [3.05, 3.63) is 35.4 Å². The molecular weight excluding hydrogens is 364 g/mol. The van der Waals surface area contributed by atoms with E-state index in [1.165, 1.54) is 5.56 Å². The quantitative estimate of drug-likeness (QED) is 0.742. The minimum atomic E-state index is -0.651. The Morgan fingerprint density at radius 3 is 2.00 bits per heavy atom. The fourth-order valence-electron chi connectivity index (χ4n) is 0.938. The van der Waals surface area contributed by atoms with Gasteiger partial charge in [-0.2, -0.15) is 0 Å². The van der Waals surface area contributed by atoms with Crippen LogP contribution in [0.5, 0.6) is 0 Å². The Balaban J connectivity index is 2.90. The van der Waals surface area contributed by atoms with E-state index in [1.807, 2.05) is 31.2 Å². The van der Waals surface area contributed by atoms with Gasteiger partial charge in [0.15, 0.2) is 2.14 Å². The van der Waals surface area contributed by atoms with Crippen LogP contribution in [0.25, 0.3) is 0 Å². The summed E-state index contributed by atoms with van der Waals surface area (Å²) < 4.78 is -0.651. The molecule has 0 aliphatic heterocycles. The molecule has 4 heteroatoms. The second-order valence-corrected chi connectivity index (χ2v) is 9.80. The van der Waals surface area contributed by atoms with E-state index in [0.717, 1.165) is 5.56 Å². The molecule has 13 heavy (non-hydrogen) atoms. The molecule has 0 radical (unpaired) electrons. The number of alkyl halides is 3. The number of rotatable bonds is 1. The molecule has 0 aliphatic carbocycles. The zero-order valence-corrected chi connectivity index (χ0v) is 11.7. The first-order valence-corrected chi connectivity index (χ1v) is 6.10. The average molecular weight is 373 g/mol.